The molecule has 1 aromatic heterocycles. The van der Waals surface area contributed by atoms with Crippen LogP contribution in [0.3, 0.4) is 0 Å². The number of anilines is 1. The molecule has 0 atom stereocenters. The normalized spacial score (nSPS) is 16.9. The zero-order valence-electron chi connectivity index (χ0n) is 13.6. The van der Waals surface area contributed by atoms with Crippen LogP contribution in [0.25, 0.3) is 0 Å². The molecule has 0 unspecified atom stereocenters. The predicted octanol–water partition coefficient (Wildman–Crippen LogP) is 4.56. The van der Waals surface area contributed by atoms with Crippen molar-refractivity contribution in [2.75, 3.05) is 5.32 Å². The number of rotatable bonds is 5. The lowest BCUT2D eigenvalue weighted by Crippen LogP contribution is -2.15. The summed E-state index contributed by atoms with van der Waals surface area (Å²) in [5.41, 5.74) is 0.155. The molecule has 1 amide bonds. The highest BCUT2D eigenvalue weighted by molar-refractivity contribution is 5.89. The summed E-state index contributed by atoms with van der Waals surface area (Å²) >= 11 is 0. The highest BCUT2D eigenvalue weighted by Crippen LogP contribution is 2.27. The fourth-order valence-corrected chi connectivity index (χ4v) is 2.99. The maximum atomic E-state index is 12.0. The Morgan fingerprint density at radius 1 is 1.33 bits per heavy atom. The van der Waals surface area contributed by atoms with Crippen LogP contribution in [0.2, 0.25) is 0 Å². The molecule has 1 aliphatic rings. The van der Waals surface area contributed by atoms with Crippen LogP contribution in [0.15, 0.2) is 10.6 Å². The average molecular weight is 292 g/mol. The van der Waals surface area contributed by atoms with Gasteiger partial charge in [0.25, 0.3) is 0 Å². The molecule has 118 valence electrons. The second-order valence-electron chi connectivity index (χ2n) is 7.51. The van der Waals surface area contributed by atoms with Crippen molar-refractivity contribution in [1.29, 1.82) is 0 Å². The van der Waals surface area contributed by atoms with Gasteiger partial charge in [-0.1, -0.05) is 58.0 Å². The molecule has 0 aromatic carbocycles. The lowest BCUT2D eigenvalue weighted by Gasteiger charge is -2.20. The number of nitrogens with one attached hydrogen (secondary N) is 1. The Morgan fingerprint density at radius 3 is 2.71 bits per heavy atom. The third-order valence-corrected chi connectivity index (χ3v) is 4.04. The quantitative estimate of drug-likeness (QED) is 0.865. The van der Waals surface area contributed by atoms with Crippen molar-refractivity contribution in [2.24, 2.45) is 11.3 Å². The van der Waals surface area contributed by atoms with E-state index < -0.39 is 0 Å². The van der Waals surface area contributed by atoms with E-state index in [2.05, 4.69) is 31.2 Å². The molecular weight excluding hydrogens is 264 g/mol. The molecule has 1 saturated carbocycles. The van der Waals surface area contributed by atoms with E-state index in [1.54, 1.807) is 0 Å². The number of hydrogen-bond acceptors (Lipinski definition) is 3. The zero-order valence-corrected chi connectivity index (χ0v) is 13.6. The van der Waals surface area contributed by atoms with Crippen molar-refractivity contribution >= 4 is 11.7 Å². The first kappa shape index (κ1) is 16.1. The molecule has 0 bridgehead atoms. The van der Waals surface area contributed by atoms with Crippen LogP contribution in [0.1, 0.15) is 71.5 Å². The fourth-order valence-electron chi connectivity index (χ4n) is 2.99. The van der Waals surface area contributed by atoms with Crippen LogP contribution in [-0.4, -0.2) is 11.1 Å². The molecule has 1 N–H and O–H groups in total. The first-order valence-corrected chi connectivity index (χ1v) is 8.18. The summed E-state index contributed by atoms with van der Waals surface area (Å²) in [5.74, 6) is 2.16. The van der Waals surface area contributed by atoms with Gasteiger partial charge in [-0.05, 0) is 17.8 Å². The highest BCUT2D eigenvalue weighted by atomic mass is 16.5. The second-order valence-corrected chi connectivity index (χ2v) is 7.51. The Labute approximate surface area is 127 Å². The Kier molecular flexibility index (Phi) is 5.43. The molecule has 0 spiro atoms. The molecule has 0 saturated heterocycles. The summed E-state index contributed by atoms with van der Waals surface area (Å²) in [7, 11) is 0. The smallest absolute Gasteiger partial charge is 0.225 e. The minimum absolute atomic E-state index is 0.0520. The van der Waals surface area contributed by atoms with Gasteiger partial charge >= 0.3 is 0 Å². The van der Waals surface area contributed by atoms with Gasteiger partial charge in [0.05, 0.1) is 0 Å². The van der Waals surface area contributed by atoms with Gasteiger partial charge in [-0.25, -0.2) is 0 Å². The Balaban J connectivity index is 1.74. The lowest BCUT2D eigenvalue weighted by atomic mass is 9.86. The Hall–Kier alpha value is -1.32. The maximum Gasteiger partial charge on any atom is 0.225 e. The second kappa shape index (κ2) is 7.10. The van der Waals surface area contributed by atoms with Crippen molar-refractivity contribution in [3.8, 4) is 0 Å². The minimum Gasteiger partial charge on any atom is -0.359 e. The van der Waals surface area contributed by atoms with E-state index in [-0.39, 0.29) is 11.3 Å². The van der Waals surface area contributed by atoms with Crippen molar-refractivity contribution < 1.29 is 9.32 Å². The van der Waals surface area contributed by atoms with E-state index in [1.807, 2.05) is 6.07 Å². The summed E-state index contributed by atoms with van der Waals surface area (Å²) in [6, 6.07) is 1.84. The van der Waals surface area contributed by atoms with Crippen LogP contribution in [0.5, 0.6) is 0 Å². The van der Waals surface area contributed by atoms with Crippen molar-refractivity contribution in [3.63, 3.8) is 0 Å². The number of carbonyl (C=O) groups excluding carboxylic acids is 1. The third kappa shape index (κ3) is 5.90. The minimum atomic E-state index is 0.0520. The molecular formula is C17H28N2O2. The standard InChI is InChI=1S/C17H28N2O2/c1-17(2,3)12-14-11-15(19-21-14)18-16(20)10-9-13-7-5-4-6-8-13/h11,13H,4-10,12H2,1-3H3,(H,18,19,20). The summed E-state index contributed by atoms with van der Waals surface area (Å²) in [4.78, 5) is 12.0. The summed E-state index contributed by atoms with van der Waals surface area (Å²) < 4.78 is 5.27. The molecule has 0 radical (unpaired) electrons. The first-order valence-electron chi connectivity index (χ1n) is 8.18. The molecule has 2 rings (SSSR count). The van der Waals surface area contributed by atoms with Crippen LogP contribution in [-0.2, 0) is 11.2 Å². The maximum absolute atomic E-state index is 12.0. The van der Waals surface area contributed by atoms with Gasteiger partial charge in [0.15, 0.2) is 5.82 Å². The van der Waals surface area contributed by atoms with Gasteiger partial charge in [-0.15, -0.1) is 0 Å². The molecule has 1 fully saturated rings. The van der Waals surface area contributed by atoms with Crippen molar-refractivity contribution in [2.45, 2.75) is 72.1 Å². The van der Waals surface area contributed by atoms with Gasteiger partial charge in [0, 0.05) is 18.9 Å². The van der Waals surface area contributed by atoms with Gasteiger partial charge in [-0.3, -0.25) is 4.79 Å². The van der Waals surface area contributed by atoms with Crippen LogP contribution < -0.4 is 5.32 Å². The van der Waals surface area contributed by atoms with Gasteiger partial charge in [0.1, 0.15) is 5.76 Å². The summed E-state index contributed by atoms with van der Waals surface area (Å²) in [6.07, 6.45) is 8.98. The predicted molar refractivity (Wildman–Crippen MR) is 84.1 cm³/mol. The van der Waals surface area contributed by atoms with Gasteiger partial charge < -0.3 is 9.84 Å². The monoisotopic (exact) mass is 292 g/mol. The molecule has 0 aliphatic heterocycles. The molecule has 4 heteroatoms. The van der Waals surface area contributed by atoms with E-state index >= 15 is 0 Å². The lowest BCUT2D eigenvalue weighted by molar-refractivity contribution is -0.116. The number of aromatic nitrogens is 1. The number of nitrogens with zero attached hydrogens (tertiary/aromatic N) is 1. The molecule has 1 heterocycles. The van der Waals surface area contributed by atoms with Crippen LogP contribution in [0, 0.1) is 11.3 Å². The van der Waals surface area contributed by atoms with Gasteiger partial charge in [-0.2, -0.15) is 0 Å². The molecule has 21 heavy (non-hydrogen) atoms. The molecule has 1 aromatic rings. The van der Waals surface area contributed by atoms with Crippen LogP contribution in [0.4, 0.5) is 5.82 Å². The Morgan fingerprint density at radius 2 is 2.05 bits per heavy atom. The number of carbonyl (C=O) groups is 1. The van der Waals surface area contributed by atoms with E-state index in [0.29, 0.717) is 12.2 Å². The largest absolute Gasteiger partial charge is 0.359 e. The summed E-state index contributed by atoms with van der Waals surface area (Å²) in [5, 5.41) is 6.77. The first-order chi connectivity index (χ1) is 9.92. The van der Waals surface area contributed by atoms with E-state index in [1.165, 1.54) is 32.1 Å². The van der Waals surface area contributed by atoms with E-state index in [0.717, 1.165) is 24.5 Å². The number of amides is 1. The van der Waals surface area contributed by atoms with Crippen molar-refractivity contribution in [1.82, 2.24) is 5.16 Å². The van der Waals surface area contributed by atoms with Crippen molar-refractivity contribution in [3.05, 3.63) is 11.8 Å². The number of hydrogen-bond donors (Lipinski definition) is 1. The molecule has 4 nitrogen and oxygen atoms in total. The van der Waals surface area contributed by atoms with E-state index in [4.69, 9.17) is 4.52 Å². The molecule has 1 aliphatic carbocycles. The highest BCUT2D eigenvalue weighted by Gasteiger charge is 2.17. The average Bonchev–Trinajstić information content (AvgIpc) is 2.82. The SMILES string of the molecule is CC(C)(C)Cc1cc(NC(=O)CCC2CCCCC2)no1. The van der Waals surface area contributed by atoms with Gasteiger partial charge in [0.2, 0.25) is 5.91 Å². The van der Waals surface area contributed by atoms with Crippen LogP contribution >= 0.6 is 0 Å². The van der Waals surface area contributed by atoms with E-state index in [9.17, 15) is 4.79 Å². The fraction of sp³-hybridized carbons (Fsp3) is 0.765. The third-order valence-electron chi connectivity index (χ3n) is 4.04. The topological polar surface area (TPSA) is 55.1 Å². The summed E-state index contributed by atoms with van der Waals surface area (Å²) in [6.45, 7) is 6.45. The zero-order chi connectivity index (χ0) is 15.3. The Bertz CT molecular complexity index is 454.